The summed E-state index contributed by atoms with van der Waals surface area (Å²) in [4.78, 5) is 13.5. The molecule has 0 amide bonds. The highest BCUT2D eigenvalue weighted by Gasteiger charge is 2.65. The van der Waals surface area contributed by atoms with E-state index in [0.717, 1.165) is 12.0 Å². The lowest BCUT2D eigenvalue weighted by atomic mass is 9.54. The van der Waals surface area contributed by atoms with Crippen LogP contribution in [0.5, 0.6) is 0 Å². The minimum atomic E-state index is -2.06. The molecule has 0 radical (unpaired) electrons. The highest BCUT2D eigenvalue weighted by molar-refractivity contribution is 6.77. The molecule has 3 aliphatic rings. The maximum atomic E-state index is 13.5. The molecule has 4 nitrogen and oxygen atoms in total. The predicted molar refractivity (Wildman–Crippen MR) is 126 cm³/mol. The number of carbonyl (C=O) groups is 1. The Balaban J connectivity index is 2.53. The van der Waals surface area contributed by atoms with Crippen LogP contribution in [-0.2, 0) is 18.7 Å². The van der Waals surface area contributed by atoms with Gasteiger partial charge in [-0.3, -0.25) is 4.79 Å². The Kier molecular flexibility index (Phi) is 8.21. The van der Waals surface area contributed by atoms with Crippen LogP contribution >= 0.6 is 0 Å². The SMILES string of the molecule is C=C(C)[C@@H]1[C@H]2C[C@@H](C)C(C(=O)CC)(O[C@H]2OC)[C@H]1CO[Si](C(C)C)(C(C)C)C(C)C. The lowest BCUT2D eigenvalue weighted by molar-refractivity contribution is -0.323. The molecule has 0 aromatic carbocycles. The molecule has 2 saturated heterocycles. The number of ether oxygens (including phenoxy) is 2. The number of Topliss-reactive ketones (excluding diaryl/α,β-unsaturated/α-hetero) is 1. The molecule has 0 N–H and O–H groups in total. The van der Waals surface area contributed by atoms with E-state index in [2.05, 4.69) is 62.0 Å². The van der Waals surface area contributed by atoms with Crippen molar-refractivity contribution in [3.05, 3.63) is 12.2 Å². The van der Waals surface area contributed by atoms with E-state index in [4.69, 9.17) is 13.9 Å². The summed E-state index contributed by atoms with van der Waals surface area (Å²) >= 11 is 0. The molecule has 2 heterocycles. The summed E-state index contributed by atoms with van der Waals surface area (Å²) in [5, 5.41) is 0. The van der Waals surface area contributed by atoms with Gasteiger partial charge in [0.2, 0.25) is 0 Å². The molecule has 1 aliphatic carbocycles. The highest BCUT2D eigenvalue weighted by Crippen LogP contribution is 2.58. The normalized spacial score (nSPS) is 34.2. The third-order valence-corrected chi connectivity index (χ3v) is 14.3. The largest absolute Gasteiger partial charge is 0.416 e. The monoisotopic (exact) mass is 438 g/mol. The lowest BCUT2D eigenvalue weighted by Gasteiger charge is -2.61. The minimum Gasteiger partial charge on any atom is -0.416 e. The van der Waals surface area contributed by atoms with Gasteiger partial charge in [0.1, 0.15) is 5.60 Å². The second-order valence-electron chi connectivity index (χ2n) is 10.7. The molecule has 1 unspecified atom stereocenters. The van der Waals surface area contributed by atoms with Gasteiger partial charge >= 0.3 is 0 Å². The molecule has 174 valence electrons. The van der Waals surface area contributed by atoms with Gasteiger partial charge in [-0.1, -0.05) is 67.5 Å². The first kappa shape index (κ1) is 25.8. The smallest absolute Gasteiger partial charge is 0.200 e. The number of fused-ring (bicyclic) bond motifs is 3. The quantitative estimate of drug-likeness (QED) is 0.294. The van der Waals surface area contributed by atoms with Gasteiger partial charge in [0.05, 0.1) is 0 Å². The van der Waals surface area contributed by atoms with Gasteiger partial charge in [0.25, 0.3) is 0 Å². The van der Waals surface area contributed by atoms with Gasteiger partial charge in [0.15, 0.2) is 20.4 Å². The van der Waals surface area contributed by atoms with E-state index in [1.807, 2.05) is 6.92 Å². The Bertz CT molecular complexity index is 607. The van der Waals surface area contributed by atoms with Crippen molar-refractivity contribution in [1.29, 1.82) is 0 Å². The molecule has 3 fully saturated rings. The molecular formula is C25H46O4Si. The molecule has 3 rings (SSSR count). The number of carbonyl (C=O) groups excluding carboxylic acids is 1. The van der Waals surface area contributed by atoms with E-state index in [1.54, 1.807) is 7.11 Å². The Morgan fingerprint density at radius 2 is 1.70 bits per heavy atom. The number of allylic oxidation sites excluding steroid dienone is 1. The summed E-state index contributed by atoms with van der Waals surface area (Å²) in [5.41, 5.74) is 1.78. The topological polar surface area (TPSA) is 44.8 Å². The van der Waals surface area contributed by atoms with Gasteiger partial charge in [-0.05, 0) is 41.8 Å². The first-order chi connectivity index (χ1) is 13.9. The van der Waals surface area contributed by atoms with E-state index in [9.17, 15) is 4.79 Å². The van der Waals surface area contributed by atoms with Crippen molar-refractivity contribution < 1.29 is 18.7 Å². The Labute approximate surface area is 186 Å². The average molecular weight is 439 g/mol. The molecule has 0 aromatic rings. The van der Waals surface area contributed by atoms with Gasteiger partial charge in [0, 0.05) is 32.0 Å². The first-order valence-electron chi connectivity index (χ1n) is 11.9. The van der Waals surface area contributed by atoms with E-state index >= 15 is 0 Å². The minimum absolute atomic E-state index is 0.00859. The van der Waals surface area contributed by atoms with E-state index in [1.165, 1.54) is 0 Å². The zero-order valence-electron chi connectivity index (χ0n) is 21.1. The summed E-state index contributed by atoms with van der Waals surface area (Å²) in [5.74, 6) is 0.717. The number of rotatable bonds is 10. The maximum absolute atomic E-state index is 13.5. The van der Waals surface area contributed by atoms with Crippen molar-refractivity contribution in [2.24, 2.45) is 23.7 Å². The lowest BCUT2D eigenvalue weighted by Crippen LogP contribution is -2.69. The standard InChI is InChI=1S/C25H46O4Si/c1-12-22(26)25-19(10)13-20(24(27-11)29-25)23(15(2)3)21(25)14-28-30(16(4)5,17(6)7)18(8)9/h16-21,23-24H,2,12-14H2,1,3-11H3/t19-,20-,21+,23-,24-,25?/m1/s1. The van der Waals surface area contributed by atoms with Crippen LogP contribution in [0, 0.1) is 23.7 Å². The van der Waals surface area contributed by atoms with E-state index < -0.39 is 13.9 Å². The molecule has 0 spiro atoms. The van der Waals surface area contributed by atoms with Gasteiger partial charge in [-0.2, -0.15) is 0 Å². The fourth-order valence-corrected chi connectivity index (χ4v) is 12.6. The van der Waals surface area contributed by atoms with Crippen LogP contribution in [0.2, 0.25) is 16.6 Å². The number of ketones is 1. The summed E-state index contributed by atoms with van der Waals surface area (Å²) in [6.45, 7) is 25.0. The van der Waals surface area contributed by atoms with Crippen molar-refractivity contribution >= 4 is 14.1 Å². The molecule has 6 atom stereocenters. The molecule has 30 heavy (non-hydrogen) atoms. The van der Waals surface area contributed by atoms with Crippen LogP contribution in [-0.4, -0.2) is 39.7 Å². The van der Waals surface area contributed by atoms with Gasteiger partial charge in [-0.25, -0.2) is 0 Å². The van der Waals surface area contributed by atoms with E-state index in [-0.39, 0.29) is 35.7 Å². The Morgan fingerprint density at radius 1 is 1.17 bits per heavy atom. The van der Waals surface area contributed by atoms with E-state index in [0.29, 0.717) is 29.7 Å². The predicted octanol–water partition coefficient (Wildman–Crippen LogP) is 6.36. The van der Waals surface area contributed by atoms with Crippen LogP contribution in [0.25, 0.3) is 0 Å². The van der Waals surface area contributed by atoms with Crippen molar-refractivity contribution in [3.63, 3.8) is 0 Å². The molecule has 2 aliphatic heterocycles. The van der Waals surface area contributed by atoms with Crippen molar-refractivity contribution in [2.75, 3.05) is 13.7 Å². The third-order valence-electron chi connectivity index (χ3n) is 8.24. The van der Waals surface area contributed by atoms with Gasteiger partial charge in [-0.15, -0.1) is 0 Å². The highest BCUT2D eigenvalue weighted by atomic mass is 28.4. The molecule has 2 bridgehead atoms. The number of hydrogen-bond acceptors (Lipinski definition) is 4. The third kappa shape index (κ3) is 3.89. The maximum Gasteiger partial charge on any atom is 0.200 e. The fraction of sp³-hybridized carbons (Fsp3) is 0.880. The first-order valence-corrected chi connectivity index (χ1v) is 14.1. The second-order valence-corrected chi connectivity index (χ2v) is 16.2. The second kappa shape index (κ2) is 9.56. The van der Waals surface area contributed by atoms with Crippen LogP contribution in [0.4, 0.5) is 0 Å². The van der Waals surface area contributed by atoms with Crippen LogP contribution in [0.3, 0.4) is 0 Å². The molecular weight excluding hydrogens is 392 g/mol. The summed E-state index contributed by atoms with van der Waals surface area (Å²) in [6, 6.07) is 0. The number of methoxy groups -OCH3 is 1. The zero-order valence-corrected chi connectivity index (χ0v) is 22.1. The number of hydrogen-bond donors (Lipinski definition) is 0. The van der Waals surface area contributed by atoms with Crippen LogP contribution in [0.15, 0.2) is 12.2 Å². The average Bonchev–Trinajstić information content (AvgIpc) is 2.66. The molecule has 1 saturated carbocycles. The van der Waals surface area contributed by atoms with Crippen molar-refractivity contribution in [3.8, 4) is 0 Å². The van der Waals surface area contributed by atoms with Crippen molar-refractivity contribution in [2.45, 2.75) is 104 Å². The zero-order chi connectivity index (χ0) is 23.0. The fourth-order valence-electron chi connectivity index (χ4n) is 7.14. The van der Waals surface area contributed by atoms with Crippen molar-refractivity contribution in [1.82, 2.24) is 0 Å². The Hall–Kier alpha value is -0.493. The Morgan fingerprint density at radius 3 is 2.10 bits per heavy atom. The van der Waals surface area contributed by atoms with Gasteiger partial charge < -0.3 is 13.9 Å². The molecule has 5 heteroatoms. The van der Waals surface area contributed by atoms with Crippen LogP contribution < -0.4 is 0 Å². The van der Waals surface area contributed by atoms with Crippen LogP contribution in [0.1, 0.15) is 75.2 Å². The summed E-state index contributed by atoms with van der Waals surface area (Å²) in [7, 11) is -0.367. The molecule has 0 aromatic heterocycles. The summed E-state index contributed by atoms with van der Waals surface area (Å²) < 4.78 is 19.3. The summed E-state index contributed by atoms with van der Waals surface area (Å²) in [6.07, 6.45) is 1.04.